The van der Waals surface area contributed by atoms with Crippen molar-refractivity contribution in [2.75, 3.05) is 11.4 Å². The molecule has 0 unspecified atom stereocenters. The van der Waals surface area contributed by atoms with Gasteiger partial charge in [-0.1, -0.05) is 12.1 Å². The van der Waals surface area contributed by atoms with Crippen molar-refractivity contribution in [1.29, 1.82) is 0 Å². The first kappa shape index (κ1) is 15.2. The molecule has 0 saturated carbocycles. The number of imidazole rings is 1. The highest BCUT2D eigenvalue weighted by Gasteiger charge is 2.17. The zero-order valence-corrected chi connectivity index (χ0v) is 13.2. The fourth-order valence-corrected chi connectivity index (χ4v) is 2.74. The molecular weight excluding hydrogens is 293 g/mol. The summed E-state index contributed by atoms with van der Waals surface area (Å²) in [4.78, 5) is 18.8. The third-order valence-electron chi connectivity index (χ3n) is 3.89. The van der Waals surface area contributed by atoms with E-state index in [4.69, 9.17) is 0 Å². The molecule has 0 aliphatic carbocycles. The van der Waals surface area contributed by atoms with Crippen molar-refractivity contribution in [3.63, 3.8) is 0 Å². The summed E-state index contributed by atoms with van der Waals surface area (Å²) in [6.45, 7) is 4.52. The van der Waals surface area contributed by atoms with Crippen LogP contribution in [0, 0.1) is 12.7 Å². The van der Waals surface area contributed by atoms with Crippen molar-refractivity contribution in [3.8, 4) is 0 Å². The van der Waals surface area contributed by atoms with E-state index in [0.29, 0.717) is 12.2 Å². The number of carbonyl (C=O) groups excluding carboxylic acids is 1. The predicted octanol–water partition coefficient (Wildman–Crippen LogP) is 3.54. The summed E-state index contributed by atoms with van der Waals surface area (Å²) in [6.07, 6.45) is 0. The molecule has 0 N–H and O–H groups in total. The van der Waals surface area contributed by atoms with E-state index < -0.39 is 0 Å². The molecule has 23 heavy (non-hydrogen) atoms. The van der Waals surface area contributed by atoms with Crippen molar-refractivity contribution in [2.45, 2.75) is 20.4 Å². The van der Waals surface area contributed by atoms with Crippen LogP contribution < -0.4 is 4.90 Å². The molecule has 5 heteroatoms. The Hall–Kier alpha value is -2.69. The second kappa shape index (κ2) is 6.20. The van der Waals surface area contributed by atoms with Crippen molar-refractivity contribution in [2.24, 2.45) is 0 Å². The smallest absolute Gasteiger partial charge is 0.246 e. The van der Waals surface area contributed by atoms with Gasteiger partial charge in [0.05, 0.1) is 11.0 Å². The largest absolute Gasteiger partial charge is 0.319 e. The number of nitrogens with zero attached hydrogens (tertiary/aromatic N) is 3. The average molecular weight is 311 g/mol. The summed E-state index contributed by atoms with van der Waals surface area (Å²) in [5.41, 5.74) is 2.51. The van der Waals surface area contributed by atoms with E-state index in [-0.39, 0.29) is 18.3 Å². The molecule has 0 fully saturated rings. The van der Waals surface area contributed by atoms with Gasteiger partial charge in [0.25, 0.3) is 0 Å². The first-order valence-electron chi connectivity index (χ1n) is 7.58. The Kier molecular flexibility index (Phi) is 4.10. The van der Waals surface area contributed by atoms with E-state index in [9.17, 15) is 9.18 Å². The van der Waals surface area contributed by atoms with E-state index in [0.717, 1.165) is 16.9 Å². The van der Waals surface area contributed by atoms with E-state index in [2.05, 4.69) is 4.98 Å². The second-order valence-electron chi connectivity index (χ2n) is 5.35. The third-order valence-corrected chi connectivity index (χ3v) is 3.89. The number of para-hydroxylation sites is 2. The van der Waals surface area contributed by atoms with E-state index in [1.165, 1.54) is 12.1 Å². The van der Waals surface area contributed by atoms with Gasteiger partial charge in [0.15, 0.2) is 0 Å². The predicted molar refractivity (Wildman–Crippen MR) is 88.9 cm³/mol. The lowest BCUT2D eigenvalue weighted by molar-refractivity contribution is -0.119. The maximum Gasteiger partial charge on any atom is 0.246 e. The summed E-state index contributed by atoms with van der Waals surface area (Å²) in [5.74, 6) is 0.439. The standard InChI is InChI=1S/C18H18FN3O/c1-3-21(15-10-8-14(19)9-11-15)18(23)12-22-13(2)20-16-6-4-5-7-17(16)22/h4-11H,3,12H2,1-2H3. The van der Waals surface area contributed by atoms with Crippen LogP contribution in [0.2, 0.25) is 0 Å². The van der Waals surface area contributed by atoms with E-state index in [1.807, 2.05) is 42.7 Å². The summed E-state index contributed by atoms with van der Waals surface area (Å²) in [6, 6.07) is 13.7. The molecular formula is C18H18FN3O. The van der Waals surface area contributed by atoms with E-state index in [1.54, 1.807) is 17.0 Å². The molecule has 0 spiro atoms. The van der Waals surface area contributed by atoms with Gasteiger partial charge in [-0.05, 0) is 50.2 Å². The van der Waals surface area contributed by atoms with Crippen LogP contribution in [0.5, 0.6) is 0 Å². The highest BCUT2D eigenvalue weighted by Crippen LogP contribution is 2.18. The molecule has 0 bridgehead atoms. The number of benzene rings is 2. The van der Waals surface area contributed by atoms with Gasteiger partial charge in [0.1, 0.15) is 18.2 Å². The van der Waals surface area contributed by atoms with Gasteiger partial charge in [0, 0.05) is 12.2 Å². The number of anilines is 1. The topological polar surface area (TPSA) is 38.1 Å². The van der Waals surface area contributed by atoms with Crippen LogP contribution in [-0.2, 0) is 11.3 Å². The fourth-order valence-electron chi connectivity index (χ4n) is 2.74. The summed E-state index contributed by atoms with van der Waals surface area (Å²) in [5, 5.41) is 0. The minimum Gasteiger partial charge on any atom is -0.319 e. The Balaban J connectivity index is 1.89. The van der Waals surface area contributed by atoms with Crippen LogP contribution in [0.25, 0.3) is 11.0 Å². The van der Waals surface area contributed by atoms with Gasteiger partial charge in [-0.25, -0.2) is 9.37 Å². The third kappa shape index (κ3) is 2.95. The lowest BCUT2D eigenvalue weighted by Crippen LogP contribution is -2.33. The zero-order chi connectivity index (χ0) is 16.4. The summed E-state index contributed by atoms with van der Waals surface area (Å²) in [7, 11) is 0. The van der Waals surface area contributed by atoms with Gasteiger partial charge >= 0.3 is 0 Å². The minimum absolute atomic E-state index is 0.0506. The molecule has 1 heterocycles. The Bertz CT molecular complexity index is 839. The molecule has 3 rings (SSSR count). The molecule has 1 aromatic heterocycles. The summed E-state index contributed by atoms with van der Waals surface area (Å²) < 4.78 is 15.0. The first-order chi connectivity index (χ1) is 11.1. The van der Waals surface area contributed by atoms with Crippen LogP contribution in [0.15, 0.2) is 48.5 Å². The Morgan fingerprint density at radius 1 is 1.17 bits per heavy atom. The molecule has 2 aromatic carbocycles. The molecule has 0 aliphatic rings. The van der Waals surface area contributed by atoms with Crippen molar-refractivity contribution in [3.05, 3.63) is 60.2 Å². The highest BCUT2D eigenvalue weighted by atomic mass is 19.1. The number of halogens is 1. The quantitative estimate of drug-likeness (QED) is 0.739. The number of hydrogen-bond acceptors (Lipinski definition) is 2. The van der Waals surface area contributed by atoms with Crippen LogP contribution in [0.3, 0.4) is 0 Å². The number of carbonyl (C=O) groups is 1. The molecule has 0 radical (unpaired) electrons. The molecule has 0 saturated heterocycles. The Labute approximate surface area is 134 Å². The lowest BCUT2D eigenvalue weighted by atomic mass is 10.2. The monoisotopic (exact) mass is 311 g/mol. The molecule has 4 nitrogen and oxygen atoms in total. The average Bonchev–Trinajstić information content (AvgIpc) is 2.86. The summed E-state index contributed by atoms with van der Waals surface area (Å²) >= 11 is 0. The van der Waals surface area contributed by atoms with Crippen molar-refractivity contribution < 1.29 is 9.18 Å². The number of hydrogen-bond donors (Lipinski definition) is 0. The van der Waals surface area contributed by atoms with Gasteiger partial charge in [-0.3, -0.25) is 4.79 Å². The lowest BCUT2D eigenvalue weighted by Gasteiger charge is -2.21. The van der Waals surface area contributed by atoms with E-state index >= 15 is 0 Å². The molecule has 0 atom stereocenters. The number of aromatic nitrogens is 2. The van der Waals surface area contributed by atoms with Crippen molar-refractivity contribution >= 4 is 22.6 Å². The van der Waals surface area contributed by atoms with Crippen LogP contribution >= 0.6 is 0 Å². The molecule has 0 aliphatic heterocycles. The van der Waals surface area contributed by atoms with Crippen molar-refractivity contribution in [1.82, 2.24) is 9.55 Å². The minimum atomic E-state index is -0.311. The van der Waals surface area contributed by atoms with Gasteiger partial charge < -0.3 is 9.47 Å². The number of fused-ring (bicyclic) bond motifs is 1. The normalized spacial score (nSPS) is 10.9. The number of amides is 1. The van der Waals surface area contributed by atoms with Gasteiger partial charge in [0.2, 0.25) is 5.91 Å². The number of rotatable bonds is 4. The van der Waals surface area contributed by atoms with Crippen LogP contribution in [0.1, 0.15) is 12.7 Å². The number of aryl methyl sites for hydroxylation is 1. The molecule has 3 aromatic rings. The Morgan fingerprint density at radius 3 is 2.57 bits per heavy atom. The first-order valence-corrected chi connectivity index (χ1v) is 7.58. The van der Waals surface area contributed by atoms with Gasteiger partial charge in [-0.15, -0.1) is 0 Å². The maximum atomic E-state index is 13.1. The second-order valence-corrected chi connectivity index (χ2v) is 5.35. The SMILES string of the molecule is CCN(C(=O)Cn1c(C)nc2ccccc21)c1ccc(F)cc1. The number of likely N-dealkylation sites (N-methyl/N-ethyl adjacent to an activating group) is 1. The fraction of sp³-hybridized carbons (Fsp3) is 0.222. The maximum absolute atomic E-state index is 13.1. The van der Waals surface area contributed by atoms with Crippen LogP contribution in [0.4, 0.5) is 10.1 Å². The van der Waals surface area contributed by atoms with Gasteiger partial charge in [-0.2, -0.15) is 0 Å². The highest BCUT2D eigenvalue weighted by molar-refractivity contribution is 5.94. The molecule has 118 valence electrons. The molecule has 1 amide bonds. The zero-order valence-electron chi connectivity index (χ0n) is 13.2. The van der Waals surface area contributed by atoms with Crippen LogP contribution in [-0.4, -0.2) is 22.0 Å². The Morgan fingerprint density at radius 2 is 1.87 bits per heavy atom.